The van der Waals surface area contributed by atoms with Crippen molar-refractivity contribution >= 4 is 7.82 Å². The summed E-state index contributed by atoms with van der Waals surface area (Å²) < 4.78 is 16.6. The maximum absolute atomic E-state index is 11.4. The Morgan fingerprint density at radius 1 is 0.920 bits per heavy atom. The molecule has 0 radical (unpaired) electrons. The second-order valence-electron chi connectivity index (χ2n) is 9.79. The fraction of sp³-hybridized carbons (Fsp3) is 1.00. The average Bonchev–Trinajstić information content (AvgIpc) is 2.83. The molecule has 0 aliphatic heterocycles. The third-order valence-corrected chi connectivity index (χ3v) is 9.34. The van der Waals surface area contributed by atoms with Crippen LogP contribution in [0.1, 0.15) is 71.6 Å². The summed E-state index contributed by atoms with van der Waals surface area (Å²) in [6.45, 7) is 4.67. The van der Waals surface area contributed by atoms with Crippen LogP contribution in [-0.4, -0.2) is 27.1 Å². The molecule has 4 rings (SSSR count). The van der Waals surface area contributed by atoms with Crippen LogP contribution in [0.3, 0.4) is 0 Å². The Balaban J connectivity index is 1.57. The van der Waals surface area contributed by atoms with Crippen molar-refractivity contribution in [3.63, 3.8) is 0 Å². The largest absolute Gasteiger partial charge is 0.469 e. The van der Waals surface area contributed by atoms with Crippen molar-refractivity contribution in [3.05, 3.63) is 0 Å². The molecule has 4 saturated carbocycles. The Morgan fingerprint density at radius 2 is 1.60 bits per heavy atom. The van der Waals surface area contributed by atoms with E-state index >= 15 is 0 Å². The lowest BCUT2D eigenvalue weighted by atomic mass is 9.45. The second kappa shape index (κ2) is 6.04. The van der Waals surface area contributed by atoms with Gasteiger partial charge in [-0.1, -0.05) is 13.8 Å². The molecule has 4 aliphatic rings. The molecule has 8 atom stereocenters. The standard InChI is InChI=1S/C19H33O5P/c1-18-9-7-13(20)11-12(18)3-4-14-15-5-6-17(24-25(21,22)23)19(15,2)10-8-16(14)18/h12-17,20H,3-11H2,1-2H3,(H2,21,22,23)/t12-,13+,14-,15-,16-,17-,18-,19-/m0/s1. The first-order valence-electron chi connectivity index (χ1n) is 10.1. The molecule has 3 N–H and O–H groups in total. The molecule has 0 aromatic carbocycles. The fourth-order valence-electron chi connectivity index (χ4n) is 7.53. The van der Waals surface area contributed by atoms with Crippen molar-refractivity contribution in [3.8, 4) is 0 Å². The van der Waals surface area contributed by atoms with E-state index in [1.807, 2.05) is 0 Å². The van der Waals surface area contributed by atoms with E-state index in [2.05, 4.69) is 13.8 Å². The molecule has 6 heteroatoms. The highest BCUT2D eigenvalue weighted by Gasteiger charge is 2.61. The molecule has 0 saturated heterocycles. The Labute approximate surface area is 150 Å². The molecule has 25 heavy (non-hydrogen) atoms. The maximum atomic E-state index is 11.4. The van der Waals surface area contributed by atoms with Crippen LogP contribution in [0.4, 0.5) is 0 Å². The molecular formula is C19H33O5P. The lowest BCUT2D eigenvalue weighted by Crippen LogP contribution is -2.54. The van der Waals surface area contributed by atoms with Gasteiger partial charge in [0.2, 0.25) is 0 Å². The van der Waals surface area contributed by atoms with E-state index in [0.29, 0.717) is 29.1 Å². The van der Waals surface area contributed by atoms with Crippen LogP contribution in [0.25, 0.3) is 0 Å². The van der Waals surface area contributed by atoms with Gasteiger partial charge < -0.3 is 14.9 Å². The molecule has 144 valence electrons. The van der Waals surface area contributed by atoms with Gasteiger partial charge in [0.25, 0.3) is 0 Å². The zero-order valence-electron chi connectivity index (χ0n) is 15.4. The van der Waals surface area contributed by atoms with Crippen LogP contribution in [0.15, 0.2) is 0 Å². The van der Waals surface area contributed by atoms with Crippen molar-refractivity contribution < 1.29 is 24.0 Å². The molecule has 0 heterocycles. The minimum absolute atomic E-state index is 0.0976. The minimum atomic E-state index is -4.43. The molecule has 0 aromatic heterocycles. The molecule has 5 nitrogen and oxygen atoms in total. The average molecular weight is 372 g/mol. The van der Waals surface area contributed by atoms with E-state index in [1.165, 1.54) is 12.8 Å². The van der Waals surface area contributed by atoms with Gasteiger partial charge in [-0.3, -0.25) is 4.52 Å². The summed E-state index contributed by atoms with van der Waals surface area (Å²) in [5.74, 6) is 2.52. The van der Waals surface area contributed by atoms with Crippen LogP contribution in [0, 0.1) is 34.5 Å². The van der Waals surface area contributed by atoms with Crippen molar-refractivity contribution in [2.45, 2.75) is 83.8 Å². The van der Waals surface area contributed by atoms with Gasteiger partial charge >= 0.3 is 7.82 Å². The van der Waals surface area contributed by atoms with Crippen molar-refractivity contribution in [2.75, 3.05) is 0 Å². The molecule has 4 aliphatic carbocycles. The molecular weight excluding hydrogens is 339 g/mol. The first-order valence-corrected chi connectivity index (χ1v) is 11.6. The number of hydrogen-bond donors (Lipinski definition) is 3. The van der Waals surface area contributed by atoms with E-state index < -0.39 is 7.82 Å². The summed E-state index contributed by atoms with van der Waals surface area (Å²) in [6.07, 6.45) is 8.97. The van der Waals surface area contributed by atoms with Crippen molar-refractivity contribution in [1.82, 2.24) is 0 Å². The first-order chi connectivity index (χ1) is 11.6. The Kier molecular flexibility index (Phi) is 4.45. The third kappa shape index (κ3) is 2.95. The van der Waals surface area contributed by atoms with E-state index in [1.54, 1.807) is 0 Å². The molecule has 4 fully saturated rings. The third-order valence-electron chi connectivity index (χ3n) is 8.82. The summed E-state index contributed by atoms with van der Waals surface area (Å²) in [5.41, 5.74) is 0.241. The van der Waals surface area contributed by atoms with Gasteiger partial charge in [-0.25, -0.2) is 4.57 Å². The topological polar surface area (TPSA) is 87.0 Å². The van der Waals surface area contributed by atoms with Gasteiger partial charge in [0.05, 0.1) is 12.2 Å². The second-order valence-corrected chi connectivity index (χ2v) is 11.0. The lowest BCUT2D eigenvalue weighted by molar-refractivity contribution is -0.132. The summed E-state index contributed by atoms with van der Waals surface area (Å²) in [6, 6.07) is 0. The van der Waals surface area contributed by atoms with E-state index in [9.17, 15) is 19.5 Å². The quantitative estimate of drug-likeness (QED) is 0.641. The van der Waals surface area contributed by atoms with Crippen molar-refractivity contribution in [2.24, 2.45) is 34.5 Å². The monoisotopic (exact) mass is 372 g/mol. The predicted octanol–water partition coefficient (Wildman–Crippen LogP) is 3.87. The molecule has 0 amide bonds. The SMILES string of the molecule is C[C@]12CC[C@@H](O)C[C@@H]1CC[C@@H]1[C@@H]2CC[C@]2(C)[C@@H](OP(=O)(O)O)CC[C@@H]12. The number of aliphatic hydroxyl groups is 1. The minimum Gasteiger partial charge on any atom is -0.393 e. The van der Waals surface area contributed by atoms with Gasteiger partial charge in [-0.05, 0) is 92.3 Å². The maximum Gasteiger partial charge on any atom is 0.469 e. The van der Waals surface area contributed by atoms with Gasteiger partial charge in [0.15, 0.2) is 0 Å². The molecule has 0 bridgehead atoms. The van der Waals surface area contributed by atoms with E-state index in [4.69, 9.17) is 4.52 Å². The van der Waals surface area contributed by atoms with Gasteiger partial charge in [0, 0.05) is 0 Å². The van der Waals surface area contributed by atoms with Crippen LogP contribution in [0.5, 0.6) is 0 Å². The van der Waals surface area contributed by atoms with Gasteiger partial charge in [-0.2, -0.15) is 0 Å². The zero-order valence-corrected chi connectivity index (χ0v) is 16.3. The lowest BCUT2D eigenvalue weighted by Gasteiger charge is -2.60. The summed E-state index contributed by atoms with van der Waals surface area (Å²) in [7, 11) is -4.43. The highest BCUT2D eigenvalue weighted by Crippen LogP contribution is 2.67. The zero-order chi connectivity index (χ0) is 18.0. The number of aliphatic hydroxyl groups excluding tert-OH is 1. The number of hydrogen-bond acceptors (Lipinski definition) is 3. The predicted molar refractivity (Wildman–Crippen MR) is 94.7 cm³/mol. The van der Waals surface area contributed by atoms with Gasteiger partial charge in [0.1, 0.15) is 0 Å². The summed E-state index contributed by atoms with van der Waals surface area (Å²) in [5, 5.41) is 10.1. The Bertz CT molecular complexity index is 576. The van der Waals surface area contributed by atoms with Crippen LogP contribution in [0.2, 0.25) is 0 Å². The van der Waals surface area contributed by atoms with Crippen LogP contribution >= 0.6 is 7.82 Å². The Morgan fingerprint density at radius 3 is 2.32 bits per heavy atom. The number of rotatable bonds is 2. The van der Waals surface area contributed by atoms with E-state index in [0.717, 1.165) is 44.9 Å². The van der Waals surface area contributed by atoms with Crippen LogP contribution in [-0.2, 0) is 9.09 Å². The molecule has 0 spiro atoms. The summed E-state index contributed by atoms with van der Waals surface area (Å²) >= 11 is 0. The Hall–Kier alpha value is 0.0700. The number of fused-ring (bicyclic) bond motifs is 5. The smallest absolute Gasteiger partial charge is 0.393 e. The number of phosphoric acid groups is 1. The van der Waals surface area contributed by atoms with Crippen molar-refractivity contribution in [1.29, 1.82) is 0 Å². The highest BCUT2D eigenvalue weighted by atomic mass is 31.2. The molecule has 0 aromatic rings. The highest BCUT2D eigenvalue weighted by molar-refractivity contribution is 7.46. The van der Waals surface area contributed by atoms with E-state index in [-0.39, 0.29) is 17.6 Å². The normalized spacial score (nSPS) is 53.0. The first kappa shape index (κ1) is 18.4. The van der Waals surface area contributed by atoms with Crippen LogP contribution < -0.4 is 0 Å². The summed E-state index contributed by atoms with van der Waals surface area (Å²) in [4.78, 5) is 18.6. The number of phosphoric ester groups is 1. The fourth-order valence-corrected chi connectivity index (χ4v) is 8.20. The molecule has 0 unspecified atom stereocenters. The van der Waals surface area contributed by atoms with Gasteiger partial charge in [-0.15, -0.1) is 0 Å².